The van der Waals surface area contributed by atoms with Crippen molar-refractivity contribution in [1.82, 2.24) is 14.8 Å². The summed E-state index contributed by atoms with van der Waals surface area (Å²) < 4.78 is 19.7. The molecule has 1 aliphatic heterocycles. The van der Waals surface area contributed by atoms with Crippen LogP contribution in [0.2, 0.25) is 0 Å². The lowest BCUT2D eigenvalue weighted by Crippen LogP contribution is -2.62. The van der Waals surface area contributed by atoms with Crippen molar-refractivity contribution in [3.63, 3.8) is 0 Å². The van der Waals surface area contributed by atoms with Crippen LogP contribution in [0.15, 0.2) is 40.8 Å². The largest absolute Gasteiger partial charge is 0.449 e. The van der Waals surface area contributed by atoms with Gasteiger partial charge < -0.3 is 14.2 Å². The second kappa shape index (κ2) is 8.71. The number of amides is 2. The maximum absolute atomic E-state index is 13.7. The van der Waals surface area contributed by atoms with E-state index in [4.69, 9.17) is 9.40 Å². The van der Waals surface area contributed by atoms with Gasteiger partial charge in [0.2, 0.25) is 5.91 Å². The number of nitrogens with zero attached hydrogens (tertiary/aromatic N) is 3. The van der Waals surface area contributed by atoms with Gasteiger partial charge in [-0.1, -0.05) is 20.8 Å². The van der Waals surface area contributed by atoms with E-state index in [0.29, 0.717) is 30.7 Å². The number of hydrogen-bond acceptors (Lipinski definition) is 4. The van der Waals surface area contributed by atoms with E-state index in [1.807, 2.05) is 43.6 Å². The smallest absolute Gasteiger partial charge is 0.290 e. The number of carbonyl (C=O) groups excluding carboxylic acids is 2. The van der Waals surface area contributed by atoms with Crippen molar-refractivity contribution in [2.45, 2.75) is 64.8 Å². The Morgan fingerprint density at radius 1 is 1.11 bits per heavy atom. The maximum atomic E-state index is 13.7. The normalized spacial score (nSPS) is 19.4. The first-order chi connectivity index (χ1) is 17.0. The van der Waals surface area contributed by atoms with Gasteiger partial charge in [0.1, 0.15) is 11.3 Å². The Bertz CT molecular complexity index is 1320. The first kappa shape index (κ1) is 24.5. The molecule has 1 aliphatic carbocycles. The van der Waals surface area contributed by atoms with E-state index in [9.17, 15) is 14.0 Å². The maximum Gasteiger partial charge on any atom is 0.290 e. The van der Waals surface area contributed by atoms with Gasteiger partial charge >= 0.3 is 0 Å². The molecule has 0 N–H and O–H groups in total. The van der Waals surface area contributed by atoms with Crippen molar-refractivity contribution >= 4 is 22.9 Å². The number of carbonyl (C=O) groups is 2. The fraction of sp³-hybridized carbons (Fsp3) is 0.483. The zero-order chi connectivity index (χ0) is 25.8. The van der Waals surface area contributed by atoms with Crippen LogP contribution in [0.3, 0.4) is 0 Å². The summed E-state index contributed by atoms with van der Waals surface area (Å²) in [5, 5.41) is 0. The van der Waals surface area contributed by atoms with E-state index in [2.05, 4.69) is 6.92 Å². The van der Waals surface area contributed by atoms with E-state index in [1.54, 1.807) is 18.2 Å². The Hall–Kier alpha value is -3.22. The number of halogens is 1. The van der Waals surface area contributed by atoms with Crippen molar-refractivity contribution in [1.29, 1.82) is 0 Å². The minimum absolute atomic E-state index is 0.0185. The van der Waals surface area contributed by atoms with Crippen LogP contribution in [0.25, 0.3) is 22.4 Å². The molecule has 1 atom stereocenters. The Morgan fingerprint density at radius 2 is 1.81 bits per heavy atom. The monoisotopic (exact) mass is 491 g/mol. The molecule has 2 aliphatic rings. The Labute approximate surface area is 211 Å². The molecule has 1 aromatic carbocycles. The molecule has 7 heteroatoms. The van der Waals surface area contributed by atoms with E-state index in [-0.39, 0.29) is 34.7 Å². The first-order valence-corrected chi connectivity index (χ1v) is 12.8. The molecule has 1 unspecified atom stereocenters. The number of rotatable bonds is 5. The number of piperazine rings is 1. The van der Waals surface area contributed by atoms with Gasteiger partial charge in [-0.25, -0.2) is 9.37 Å². The Kier molecular flexibility index (Phi) is 5.92. The standard InChI is InChI=1S/C29H34FN3O3/c1-6-18(2)26(34)32-13-14-33(28(3,4)17-32)27(35)24-16-23-25(36-24)21(29(5)11-12-29)15-22(31-23)19-7-9-20(30)10-8-19/h7-10,15-16,18H,6,11-14,17H2,1-5H3. The highest BCUT2D eigenvalue weighted by Gasteiger charge is 2.43. The predicted octanol–water partition coefficient (Wildman–Crippen LogP) is 5.79. The van der Waals surface area contributed by atoms with Gasteiger partial charge in [-0.05, 0) is 68.9 Å². The topological polar surface area (TPSA) is 66.7 Å². The van der Waals surface area contributed by atoms with Crippen molar-refractivity contribution in [3.05, 3.63) is 53.5 Å². The van der Waals surface area contributed by atoms with Crippen LogP contribution in [-0.2, 0) is 10.2 Å². The van der Waals surface area contributed by atoms with Gasteiger partial charge in [-0.2, -0.15) is 0 Å². The van der Waals surface area contributed by atoms with Crippen LogP contribution in [0.5, 0.6) is 0 Å². The van der Waals surface area contributed by atoms with Gasteiger partial charge in [-0.15, -0.1) is 0 Å². The summed E-state index contributed by atoms with van der Waals surface area (Å²) in [7, 11) is 0. The van der Waals surface area contributed by atoms with E-state index >= 15 is 0 Å². The van der Waals surface area contributed by atoms with Crippen molar-refractivity contribution in [2.24, 2.45) is 5.92 Å². The lowest BCUT2D eigenvalue weighted by Gasteiger charge is -2.47. The summed E-state index contributed by atoms with van der Waals surface area (Å²) in [6.45, 7) is 11.6. The van der Waals surface area contributed by atoms with Crippen LogP contribution in [0.4, 0.5) is 4.39 Å². The lowest BCUT2D eigenvalue weighted by molar-refractivity contribution is -0.139. The number of benzene rings is 1. The van der Waals surface area contributed by atoms with Crippen molar-refractivity contribution < 1.29 is 18.4 Å². The first-order valence-electron chi connectivity index (χ1n) is 12.8. The highest BCUT2D eigenvalue weighted by atomic mass is 19.1. The van der Waals surface area contributed by atoms with Gasteiger partial charge in [-0.3, -0.25) is 9.59 Å². The molecular formula is C29H34FN3O3. The fourth-order valence-electron chi connectivity index (χ4n) is 5.14. The number of pyridine rings is 1. The van der Waals surface area contributed by atoms with Crippen LogP contribution in [-0.4, -0.2) is 51.8 Å². The fourth-order valence-corrected chi connectivity index (χ4v) is 5.14. The molecule has 36 heavy (non-hydrogen) atoms. The molecule has 190 valence electrons. The number of aromatic nitrogens is 1. The summed E-state index contributed by atoms with van der Waals surface area (Å²) in [5.74, 6) is -0.111. The predicted molar refractivity (Wildman–Crippen MR) is 137 cm³/mol. The molecule has 2 amide bonds. The molecule has 2 fully saturated rings. The Balaban J connectivity index is 1.48. The quantitative estimate of drug-likeness (QED) is 0.453. The van der Waals surface area contributed by atoms with Gasteiger partial charge in [0.15, 0.2) is 11.3 Å². The highest BCUT2D eigenvalue weighted by molar-refractivity contribution is 5.97. The van der Waals surface area contributed by atoms with Gasteiger partial charge in [0.05, 0.1) is 11.2 Å². The number of hydrogen-bond donors (Lipinski definition) is 0. The third kappa shape index (κ3) is 4.29. The molecule has 0 radical (unpaired) electrons. The summed E-state index contributed by atoms with van der Waals surface area (Å²) in [6, 6.07) is 10.0. The minimum atomic E-state index is -0.532. The van der Waals surface area contributed by atoms with Crippen molar-refractivity contribution in [2.75, 3.05) is 19.6 Å². The van der Waals surface area contributed by atoms with Crippen LogP contribution >= 0.6 is 0 Å². The summed E-state index contributed by atoms with van der Waals surface area (Å²) >= 11 is 0. The van der Waals surface area contributed by atoms with Crippen LogP contribution < -0.4 is 0 Å². The molecule has 1 saturated heterocycles. The molecule has 2 aromatic heterocycles. The van der Waals surface area contributed by atoms with Crippen LogP contribution in [0.1, 0.15) is 70.0 Å². The average Bonchev–Trinajstić information content (AvgIpc) is 3.45. The number of fused-ring (bicyclic) bond motifs is 1. The molecule has 3 heterocycles. The molecular weight excluding hydrogens is 457 g/mol. The molecule has 6 nitrogen and oxygen atoms in total. The molecule has 0 spiro atoms. The van der Waals surface area contributed by atoms with Gasteiger partial charge in [0.25, 0.3) is 5.91 Å². The number of furan rings is 1. The minimum Gasteiger partial charge on any atom is -0.449 e. The summed E-state index contributed by atoms with van der Waals surface area (Å²) in [5.41, 5.74) is 3.32. The van der Waals surface area contributed by atoms with Crippen LogP contribution in [0, 0.1) is 11.7 Å². The molecule has 5 rings (SSSR count). The zero-order valence-electron chi connectivity index (χ0n) is 21.7. The van der Waals surface area contributed by atoms with Gasteiger partial charge in [0, 0.05) is 42.7 Å². The molecule has 3 aromatic rings. The Morgan fingerprint density at radius 3 is 2.42 bits per heavy atom. The van der Waals surface area contributed by atoms with E-state index in [1.165, 1.54) is 12.1 Å². The third-order valence-corrected chi connectivity index (χ3v) is 7.97. The summed E-state index contributed by atoms with van der Waals surface area (Å²) in [6.07, 6.45) is 2.88. The zero-order valence-corrected chi connectivity index (χ0v) is 21.7. The molecule has 1 saturated carbocycles. The highest BCUT2D eigenvalue weighted by Crippen LogP contribution is 2.50. The van der Waals surface area contributed by atoms with Crippen molar-refractivity contribution in [3.8, 4) is 11.3 Å². The second-order valence-electron chi connectivity index (χ2n) is 11.3. The summed E-state index contributed by atoms with van der Waals surface area (Å²) in [4.78, 5) is 34.9. The average molecular weight is 492 g/mol. The molecule has 0 bridgehead atoms. The third-order valence-electron chi connectivity index (χ3n) is 7.97. The van der Waals surface area contributed by atoms with E-state index < -0.39 is 5.54 Å². The second-order valence-corrected chi connectivity index (χ2v) is 11.3. The van der Waals surface area contributed by atoms with E-state index in [0.717, 1.165) is 36.1 Å². The lowest BCUT2D eigenvalue weighted by atomic mass is 9.96. The SMILES string of the molecule is CCC(C)C(=O)N1CCN(C(=O)c2cc3nc(-c4ccc(F)cc4)cc(C4(C)CC4)c3o2)C(C)(C)C1.